The summed E-state index contributed by atoms with van der Waals surface area (Å²) >= 11 is 0. The van der Waals surface area contributed by atoms with E-state index in [1.54, 1.807) is 19.4 Å². The fourth-order valence-electron chi connectivity index (χ4n) is 4.82. The second-order valence-corrected chi connectivity index (χ2v) is 9.11. The van der Waals surface area contributed by atoms with E-state index in [4.69, 9.17) is 14.5 Å². The third kappa shape index (κ3) is 4.39. The summed E-state index contributed by atoms with van der Waals surface area (Å²) in [6.45, 7) is 3.02. The van der Waals surface area contributed by atoms with Gasteiger partial charge in [0.15, 0.2) is 5.65 Å². The molecule has 1 saturated carbocycles. The highest BCUT2D eigenvalue weighted by atomic mass is 16.5. The Morgan fingerprint density at radius 3 is 2.80 bits per heavy atom. The van der Waals surface area contributed by atoms with Gasteiger partial charge >= 0.3 is 5.69 Å². The van der Waals surface area contributed by atoms with Crippen LogP contribution in [0.1, 0.15) is 25.7 Å². The van der Waals surface area contributed by atoms with E-state index in [1.165, 1.54) is 4.57 Å². The molecule has 35 heavy (non-hydrogen) atoms. The van der Waals surface area contributed by atoms with Gasteiger partial charge < -0.3 is 24.7 Å². The maximum atomic E-state index is 11.8. The first-order valence-corrected chi connectivity index (χ1v) is 12.1. The lowest BCUT2D eigenvalue weighted by Gasteiger charge is -2.31. The molecule has 0 spiro atoms. The number of morpholine rings is 1. The van der Waals surface area contributed by atoms with Crippen LogP contribution in [-0.2, 0) is 11.8 Å². The van der Waals surface area contributed by atoms with Crippen molar-refractivity contribution in [2.45, 2.75) is 37.8 Å². The second kappa shape index (κ2) is 9.14. The Hall–Kier alpha value is -3.73. The van der Waals surface area contributed by atoms with Gasteiger partial charge in [-0.25, -0.2) is 9.78 Å². The zero-order valence-corrected chi connectivity index (χ0v) is 19.6. The summed E-state index contributed by atoms with van der Waals surface area (Å²) in [5.74, 6) is 2.07. The minimum Gasteiger partial charge on any atom is -0.474 e. The first kappa shape index (κ1) is 21.8. The van der Waals surface area contributed by atoms with Gasteiger partial charge in [-0.2, -0.15) is 9.97 Å². The van der Waals surface area contributed by atoms with Gasteiger partial charge in [0.1, 0.15) is 17.4 Å². The Bertz CT molecular complexity index is 1400. The van der Waals surface area contributed by atoms with Crippen molar-refractivity contribution in [3.63, 3.8) is 0 Å². The predicted octanol–water partition coefficient (Wildman–Crippen LogP) is 2.24. The van der Waals surface area contributed by atoms with Gasteiger partial charge in [-0.3, -0.25) is 9.55 Å². The van der Waals surface area contributed by atoms with E-state index in [0.717, 1.165) is 55.5 Å². The van der Waals surface area contributed by atoms with E-state index >= 15 is 0 Å². The number of rotatable bonds is 5. The number of aryl methyl sites for hydroxylation is 1. The van der Waals surface area contributed by atoms with Crippen LogP contribution in [0.3, 0.4) is 0 Å². The average molecular weight is 477 g/mol. The fourth-order valence-corrected chi connectivity index (χ4v) is 4.82. The molecule has 0 aromatic carbocycles. The van der Waals surface area contributed by atoms with Crippen LogP contribution in [0.4, 0.5) is 11.8 Å². The summed E-state index contributed by atoms with van der Waals surface area (Å²) in [5.41, 5.74) is 1.92. The Labute approximate surface area is 201 Å². The number of aromatic amines is 1. The number of aromatic nitrogens is 6. The zero-order valence-electron chi connectivity index (χ0n) is 19.6. The van der Waals surface area contributed by atoms with Crippen LogP contribution in [0.2, 0.25) is 0 Å². The van der Waals surface area contributed by atoms with Gasteiger partial charge in [0, 0.05) is 38.4 Å². The molecule has 11 nitrogen and oxygen atoms in total. The number of pyridine rings is 2. The molecule has 0 amide bonds. The number of ether oxygens (including phenoxy) is 2. The lowest BCUT2D eigenvalue weighted by molar-refractivity contribution is 0.122. The van der Waals surface area contributed by atoms with Gasteiger partial charge in [0.25, 0.3) is 0 Å². The molecule has 6 rings (SSSR count). The highest BCUT2D eigenvalue weighted by molar-refractivity contribution is 5.85. The number of anilines is 2. The molecule has 2 N–H and O–H groups in total. The van der Waals surface area contributed by atoms with Crippen molar-refractivity contribution in [2.75, 3.05) is 36.5 Å². The second-order valence-electron chi connectivity index (χ2n) is 9.11. The van der Waals surface area contributed by atoms with Gasteiger partial charge in [-0.05, 0) is 37.8 Å². The van der Waals surface area contributed by atoms with Crippen molar-refractivity contribution < 1.29 is 9.47 Å². The van der Waals surface area contributed by atoms with Gasteiger partial charge in [0.05, 0.1) is 30.3 Å². The molecule has 2 fully saturated rings. The minimum atomic E-state index is -0.196. The number of imidazole rings is 1. The van der Waals surface area contributed by atoms with Crippen LogP contribution in [0, 0.1) is 0 Å². The van der Waals surface area contributed by atoms with Crippen molar-refractivity contribution in [1.82, 2.24) is 29.5 Å². The quantitative estimate of drug-likeness (QED) is 0.446. The first-order chi connectivity index (χ1) is 17.1. The topological polar surface area (TPSA) is 123 Å². The van der Waals surface area contributed by atoms with Crippen molar-refractivity contribution in [1.29, 1.82) is 0 Å². The molecule has 182 valence electrons. The Morgan fingerprint density at radius 2 is 1.97 bits per heavy atom. The normalized spacial score (nSPS) is 20.9. The van der Waals surface area contributed by atoms with E-state index in [9.17, 15) is 4.79 Å². The predicted molar refractivity (Wildman–Crippen MR) is 132 cm³/mol. The molecule has 1 aliphatic heterocycles. The number of nitrogens with zero attached hydrogens (tertiary/aromatic N) is 6. The molecule has 11 heteroatoms. The SMILES string of the molecule is Cn1c(=O)[nH]c2cnc(N[C@H]3CC[C@@H](Oc4nc(N5CCOCC5)cc5ncccc45)CC3)nc21. The largest absolute Gasteiger partial charge is 0.474 e. The highest BCUT2D eigenvalue weighted by Gasteiger charge is 2.25. The number of H-pyrrole nitrogens is 1. The molecule has 1 aliphatic carbocycles. The van der Waals surface area contributed by atoms with Crippen LogP contribution in [0.5, 0.6) is 5.88 Å². The number of hydrogen-bond acceptors (Lipinski definition) is 9. The lowest BCUT2D eigenvalue weighted by atomic mass is 9.93. The lowest BCUT2D eigenvalue weighted by Crippen LogP contribution is -2.37. The highest BCUT2D eigenvalue weighted by Crippen LogP contribution is 2.31. The molecular weight excluding hydrogens is 448 g/mol. The molecule has 4 aromatic rings. The van der Waals surface area contributed by atoms with Crippen LogP contribution in [-0.4, -0.2) is 67.9 Å². The summed E-state index contributed by atoms with van der Waals surface area (Å²) < 4.78 is 13.4. The standard InChI is InChI=1S/C24H28N8O3/c1-31-21-19(28-24(31)33)14-26-23(30-21)27-15-4-6-16(7-5-15)35-22-17-3-2-8-25-18(17)13-20(29-22)32-9-11-34-12-10-32/h2-3,8,13-16H,4-7,9-12H2,1H3,(H,28,33)(H,26,27,30)/t15-,16+. The van der Waals surface area contributed by atoms with Crippen molar-refractivity contribution in [3.8, 4) is 5.88 Å². The van der Waals surface area contributed by atoms with E-state index in [1.807, 2.05) is 18.2 Å². The molecule has 1 saturated heterocycles. The van der Waals surface area contributed by atoms with E-state index < -0.39 is 0 Å². The van der Waals surface area contributed by atoms with E-state index in [2.05, 4.69) is 30.2 Å². The van der Waals surface area contributed by atoms with Crippen molar-refractivity contribution >= 4 is 33.8 Å². The van der Waals surface area contributed by atoms with Crippen LogP contribution < -0.4 is 20.6 Å². The maximum absolute atomic E-state index is 11.8. The first-order valence-electron chi connectivity index (χ1n) is 12.1. The molecule has 0 bridgehead atoms. The molecular formula is C24H28N8O3. The fraction of sp³-hybridized carbons (Fsp3) is 0.458. The molecule has 4 aromatic heterocycles. The van der Waals surface area contributed by atoms with Crippen molar-refractivity contribution in [3.05, 3.63) is 41.1 Å². The van der Waals surface area contributed by atoms with Gasteiger partial charge in [-0.15, -0.1) is 0 Å². The Kier molecular flexibility index (Phi) is 5.69. The molecule has 5 heterocycles. The summed E-state index contributed by atoms with van der Waals surface area (Å²) in [4.78, 5) is 35.1. The van der Waals surface area contributed by atoms with Crippen LogP contribution >= 0.6 is 0 Å². The summed E-state index contributed by atoms with van der Waals surface area (Å²) in [7, 11) is 1.70. The molecule has 0 radical (unpaired) electrons. The van der Waals surface area contributed by atoms with Gasteiger partial charge in [0.2, 0.25) is 11.8 Å². The molecule has 0 atom stereocenters. The molecule has 0 unspecified atom stereocenters. The average Bonchev–Trinajstić information content (AvgIpc) is 3.18. The van der Waals surface area contributed by atoms with E-state index in [-0.39, 0.29) is 17.8 Å². The number of nitrogens with one attached hydrogen (secondary N) is 2. The Morgan fingerprint density at radius 1 is 1.14 bits per heavy atom. The Balaban J connectivity index is 1.14. The molecule has 2 aliphatic rings. The summed E-state index contributed by atoms with van der Waals surface area (Å²) in [6, 6.07) is 6.21. The number of hydrogen-bond donors (Lipinski definition) is 2. The van der Waals surface area contributed by atoms with Crippen LogP contribution in [0.25, 0.3) is 22.1 Å². The number of fused-ring (bicyclic) bond motifs is 2. The third-order valence-corrected chi connectivity index (χ3v) is 6.80. The van der Waals surface area contributed by atoms with Gasteiger partial charge in [-0.1, -0.05) is 0 Å². The minimum absolute atomic E-state index is 0.0813. The summed E-state index contributed by atoms with van der Waals surface area (Å²) in [5, 5.41) is 4.36. The zero-order chi connectivity index (χ0) is 23.8. The summed E-state index contributed by atoms with van der Waals surface area (Å²) in [6.07, 6.45) is 7.18. The van der Waals surface area contributed by atoms with Crippen LogP contribution in [0.15, 0.2) is 35.4 Å². The van der Waals surface area contributed by atoms with E-state index in [0.29, 0.717) is 36.2 Å². The smallest absolute Gasteiger partial charge is 0.327 e. The maximum Gasteiger partial charge on any atom is 0.327 e. The van der Waals surface area contributed by atoms with Crippen molar-refractivity contribution in [2.24, 2.45) is 7.05 Å². The third-order valence-electron chi connectivity index (χ3n) is 6.80. The monoisotopic (exact) mass is 476 g/mol.